The highest BCUT2D eigenvalue weighted by Crippen LogP contribution is 2.38. The van der Waals surface area contributed by atoms with Gasteiger partial charge in [-0.05, 0) is 29.8 Å². The number of halogens is 7. The number of aromatic nitrogens is 1. The summed E-state index contributed by atoms with van der Waals surface area (Å²) in [5.41, 5.74) is -3.99. The van der Waals surface area contributed by atoms with E-state index in [0.717, 1.165) is 4.90 Å². The fraction of sp³-hybridized carbons (Fsp3) is 0.200. The lowest BCUT2D eigenvalue weighted by Gasteiger charge is -2.15. The third-order valence-corrected chi connectivity index (χ3v) is 6.28. The number of nitrogens with one attached hydrogen (secondary N) is 1. The number of amides is 1. The molecule has 1 aromatic heterocycles. The summed E-state index contributed by atoms with van der Waals surface area (Å²) in [6.45, 7) is -0.672. The van der Waals surface area contributed by atoms with E-state index in [9.17, 15) is 35.9 Å². The Morgan fingerprint density at radius 3 is 2.28 bits per heavy atom. The summed E-state index contributed by atoms with van der Waals surface area (Å²) in [5, 5.41) is 2.52. The standard InChI is InChI=1S/C20H11ClF6N2O2S/c21-15-12-2-1-3-13-16(12)29(8-32-13)18(31)14(15)17(30)28-7-9-4-10(19(22,23)24)6-11(5-9)20(25,26)27/h1-6H,7-8H2,(H,28,30). The number of thioether (sulfide) groups is 1. The molecule has 0 unspecified atom stereocenters. The number of benzene rings is 2. The molecule has 3 aromatic rings. The quantitative estimate of drug-likeness (QED) is 0.478. The molecule has 168 valence electrons. The van der Waals surface area contributed by atoms with Crippen LogP contribution in [0.5, 0.6) is 0 Å². The van der Waals surface area contributed by atoms with Crippen molar-refractivity contribution in [3.05, 3.63) is 74.0 Å². The van der Waals surface area contributed by atoms with Crippen LogP contribution in [0.3, 0.4) is 0 Å². The van der Waals surface area contributed by atoms with Gasteiger partial charge in [0.05, 0.1) is 27.5 Å². The Kier molecular flexibility index (Phi) is 5.44. The van der Waals surface area contributed by atoms with Crippen LogP contribution in [-0.2, 0) is 24.8 Å². The van der Waals surface area contributed by atoms with Gasteiger partial charge >= 0.3 is 12.4 Å². The summed E-state index contributed by atoms with van der Waals surface area (Å²) in [4.78, 5) is 26.3. The Morgan fingerprint density at radius 1 is 1.06 bits per heavy atom. The molecule has 0 saturated heterocycles. The smallest absolute Gasteiger partial charge is 0.348 e. The highest BCUT2D eigenvalue weighted by Gasteiger charge is 2.37. The van der Waals surface area contributed by atoms with Crippen molar-refractivity contribution in [1.29, 1.82) is 0 Å². The van der Waals surface area contributed by atoms with E-state index in [1.807, 2.05) is 0 Å². The predicted molar refractivity (Wildman–Crippen MR) is 107 cm³/mol. The lowest BCUT2D eigenvalue weighted by atomic mass is 10.0. The molecule has 12 heteroatoms. The minimum absolute atomic E-state index is 0.00502. The van der Waals surface area contributed by atoms with Crippen molar-refractivity contribution >= 4 is 40.2 Å². The molecule has 0 fully saturated rings. The van der Waals surface area contributed by atoms with Crippen LogP contribution in [-0.4, -0.2) is 10.5 Å². The first-order chi connectivity index (χ1) is 14.9. The first kappa shape index (κ1) is 22.5. The number of pyridine rings is 1. The molecule has 32 heavy (non-hydrogen) atoms. The maximum atomic E-state index is 13.0. The van der Waals surface area contributed by atoms with Crippen LogP contribution in [0.2, 0.25) is 5.02 Å². The van der Waals surface area contributed by atoms with Crippen molar-refractivity contribution in [2.45, 2.75) is 29.7 Å². The van der Waals surface area contributed by atoms with Crippen LogP contribution in [0.4, 0.5) is 26.3 Å². The van der Waals surface area contributed by atoms with Crippen molar-refractivity contribution < 1.29 is 31.1 Å². The Bertz CT molecular complexity index is 1280. The van der Waals surface area contributed by atoms with Crippen LogP contribution in [0.25, 0.3) is 10.9 Å². The van der Waals surface area contributed by atoms with Crippen LogP contribution < -0.4 is 10.9 Å². The number of hydrogen-bond donors (Lipinski definition) is 1. The van der Waals surface area contributed by atoms with Crippen molar-refractivity contribution in [3.8, 4) is 0 Å². The third-order valence-electron chi connectivity index (χ3n) is 4.86. The molecule has 2 aromatic carbocycles. The molecule has 4 nitrogen and oxygen atoms in total. The van der Waals surface area contributed by atoms with Gasteiger partial charge in [-0.15, -0.1) is 11.8 Å². The number of alkyl halides is 6. The average Bonchev–Trinajstić information content (AvgIpc) is 3.14. The van der Waals surface area contributed by atoms with Crippen LogP contribution in [0, 0.1) is 0 Å². The first-order valence-corrected chi connectivity index (χ1v) is 10.3. The molecule has 1 N–H and O–H groups in total. The highest BCUT2D eigenvalue weighted by molar-refractivity contribution is 7.98. The molecule has 0 atom stereocenters. The van der Waals surface area contributed by atoms with Gasteiger partial charge < -0.3 is 5.32 Å². The normalized spacial score (nSPS) is 13.6. The van der Waals surface area contributed by atoms with E-state index >= 15 is 0 Å². The van der Waals surface area contributed by atoms with Gasteiger partial charge in [0, 0.05) is 16.8 Å². The van der Waals surface area contributed by atoms with E-state index in [2.05, 4.69) is 5.32 Å². The molecule has 1 aliphatic heterocycles. The molecule has 1 amide bonds. The molecule has 2 heterocycles. The van der Waals surface area contributed by atoms with E-state index in [0.29, 0.717) is 23.0 Å². The molecule has 4 rings (SSSR count). The molecule has 1 aliphatic rings. The fourth-order valence-corrected chi connectivity index (χ4v) is 4.77. The van der Waals surface area contributed by atoms with Crippen molar-refractivity contribution in [3.63, 3.8) is 0 Å². The largest absolute Gasteiger partial charge is 0.416 e. The van der Waals surface area contributed by atoms with Crippen LogP contribution >= 0.6 is 23.4 Å². The summed E-state index contributed by atoms with van der Waals surface area (Å²) >= 11 is 7.65. The lowest BCUT2D eigenvalue weighted by Crippen LogP contribution is -2.33. The Morgan fingerprint density at radius 2 is 1.69 bits per heavy atom. The molecule has 0 radical (unpaired) electrons. The minimum Gasteiger partial charge on any atom is -0.348 e. The number of carbonyl (C=O) groups is 1. The van der Waals surface area contributed by atoms with Gasteiger partial charge in [0.2, 0.25) is 0 Å². The topological polar surface area (TPSA) is 51.1 Å². The van der Waals surface area contributed by atoms with Crippen molar-refractivity contribution in [2.24, 2.45) is 0 Å². The summed E-state index contributed by atoms with van der Waals surface area (Å²) in [6, 6.07) is 6.11. The molecule has 0 spiro atoms. The van der Waals surface area contributed by atoms with Gasteiger partial charge in [0.1, 0.15) is 5.56 Å². The van der Waals surface area contributed by atoms with Gasteiger partial charge in [-0.3, -0.25) is 14.2 Å². The lowest BCUT2D eigenvalue weighted by molar-refractivity contribution is -0.143. The fourth-order valence-electron chi connectivity index (χ4n) is 3.41. The number of para-hydroxylation sites is 1. The Balaban J connectivity index is 1.69. The zero-order valence-corrected chi connectivity index (χ0v) is 17.3. The zero-order chi connectivity index (χ0) is 23.4. The first-order valence-electron chi connectivity index (χ1n) is 8.92. The monoisotopic (exact) mass is 492 g/mol. The summed E-state index contributed by atoms with van der Waals surface area (Å²) < 4.78 is 79.5. The zero-order valence-electron chi connectivity index (χ0n) is 15.7. The average molecular weight is 493 g/mol. The van der Waals surface area contributed by atoms with Gasteiger partial charge in [-0.2, -0.15) is 26.3 Å². The van der Waals surface area contributed by atoms with E-state index < -0.39 is 52.6 Å². The van der Waals surface area contributed by atoms with E-state index in [1.54, 1.807) is 18.2 Å². The highest BCUT2D eigenvalue weighted by atomic mass is 35.5. The molecule has 0 bridgehead atoms. The molecular formula is C20H11ClF6N2O2S. The number of carbonyl (C=O) groups excluding carboxylic acids is 1. The molecule has 0 saturated carbocycles. The van der Waals surface area contributed by atoms with E-state index in [-0.39, 0.29) is 17.0 Å². The third kappa shape index (κ3) is 3.95. The Labute approximate surface area is 185 Å². The van der Waals surface area contributed by atoms with Gasteiger partial charge in [0.15, 0.2) is 0 Å². The van der Waals surface area contributed by atoms with Gasteiger partial charge in [-0.25, -0.2) is 0 Å². The SMILES string of the molecule is O=C(NCc1cc(C(F)(F)F)cc(C(F)(F)F)c1)c1c(Cl)c2cccc3c2n(c1=O)CS3. The second kappa shape index (κ2) is 7.73. The summed E-state index contributed by atoms with van der Waals surface area (Å²) in [5.74, 6) is -0.756. The number of hydrogen-bond acceptors (Lipinski definition) is 3. The van der Waals surface area contributed by atoms with Crippen LogP contribution in [0.15, 0.2) is 46.1 Å². The number of nitrogens with zero attached hydrogens (tertiary/aromatic N) is 1. The molecule has 0 aliphatic carbocycles. The van der Waals surface area contributed by atoms with Gasteiger partial charge in [0.25, 0.3) is 11.5 Å². The van der Waals surface area contributed by atoms with Crippen molar-refractivity contribution in [1.82, 2.24) is 9.88 Å². The second-order valence-electron chi connectivity index (χ2n) is 6.94. The maximum Gasteiger partial charge on any atom is 0.416 e. The minimum atomic E-state index is -5.01. The summed E-state index contributed by atoms with van der Waals surface area (Å²) in [6.07, 6.45) is -10.0. The second-order valence-corrected chi connectivity index (χ2v) is 8.31. The van der Waals surface area contributed by atoms with E-state index in [4.69, 9.17) is 11.6 Å². The summed E-state index contributed by atoms with van der Waals surface area (Å²) in [7, 11) is 0. The maximum absolute atomic E-state index is 13.0. The van der Waals surface area contributed by atoms with E-state index in [1.165, 1.54) is 16.3 Å². The Hall–Kier alpha value is -2.66. The van der Waals surface area contributed by atoms with Crippen LogP contribution in [0.1, 0.15) is 27.0 Å². The van der Waals surface area contributed by atoms with Gasteiger partial charge in [-0.1, -0.05) is 23.7 Å². The molecular weight excluding hydrogens is 482 g/mol. The predicted octanol–water partition coefficient (Wildman–Crippen LogP) is 5.69. The number of rotatable bonds is 3. The van der Waals surface area contributed by atoms with Crippen molar-refractivity contribution in [2.75, 3.05) is 0 Å².